The average molecular weight is 1850 g/mol. The molecule has 121 heavy (non-hydrogen) atoms. The molecule has 21 aliphatic heterocycles. The Morgan fingerprint density at radius 3 is 0.471 bits per heavy atom. The first-order chi connectivity index (χ1) is 55.0. The third-order valence-electron chi connectivity index (χ3n) is 28.3. The van der Waals surface area contributed by atoms with Crippen LogP contribution >= 0.6 is 0 Å². The highest BCUT2D eigenvalue weighted by Crippen LogP contribution is 2.47. The van der Waals surface area contributed by atoms with E-state index in [1.54, 1.807) is 0 Å². The summed E-state index contributed by atoms with van der Waals surface area (Å²) in [6.07, 6.45) is -66.2. The van der Waals surface area contributed by atoms with Crippen LogP contribution < -0.4 is 0 Å². The maximum Gasteiger partial charge on any atom is 0.192 e. The molecule has 0 aromatic heterocycles. The molecule has 0 saturated carbocycles. The van der Waals surface area contributed by atoms with Crippen LogP contribution in [0.15, 0.2) is 5.11 Å². The van der Waals surface area contributed by atoms with Crippen LogP contribution in [0.1, 0.15) is 125 Å². The van der Waals surface area contributed by atoms with Crippen molar-refractivity contribution >= 4 is 49.9 Å². The number of nitrogens with zero attached hydrogens (tertiary/aromatic N) is 3. The van der Waals surface area contributed by atoms with E-state index in [1.807, 2.05) is 203 Å². The van der Waals surface area contributed by atoms with Crippen molar-refractivity contribution in [2.24, 2.45) is 5.11 Å². The van der Waals surface area contributed by atoms with Gasteiger partial charge in [0.05, 0.1) is 52.3 Å². The van der Waals surface area contributed by atoms with Gasteiger partial charge in [-0.2, -0.15) is 0 Å². The second-order valence-corrected chi connectivity index (χ2v) is 72.1. The number of ether oxygens (including phenoxy) is 14. The minimum Gasteiger partial charge on any atom is -0.414 e. The van der Waals surface area contributed by atoms with Gasteiger partial charge in [-0.3, -0.25) is 0 Å². The van der Waals surface area contributed by atoms with Gasteiger partial charge in [-0.1, -0.05) is 130 Å². The zero-order valence-electron chi connectivity index (χ0n) is 76.9. The zero-order chi connectivity index (χ0) is 91.7. The molecule has 21 fully saturated rings. The summed E-state index contributed by atoms with van der Waals surface area (Å²) < 4.78 is 132. The fourth-order valence-electron chi connectivity index (χ4n) is 13.5. The Morgan fingerprint density at radius 1 is 0.223 bits per heavy atom. The fraction of sp³-hybridized carbons (Fsp3) is 1.00. The van der Waals surface area contributed by atoms with E-state index >= 15 is 0 Å². The molecule has 21 aliphatic rings. The lowest BCUT2D eigenvalue weighted by Gasteiger charge is -2.51. The molecule has 37 nitrogen and oxygen atoms in total. The number of aliphatic hydroxyl groups excluding tert-OH is 14. The van der Waals surface area contributed by atoms with Gasteiger partial charge in [-0.25, -0.2) is 0 Å². The molecule has 0 radical (unpaired) electrons. The van der Waals surface area contributed by atoms with E-state index in [2.05, 4.69) is 10.0 Å². The smallest absolute Gasteiger partial charge is 0.192 e. The quantitative estimate of drug-likeness (QED) is 0.0350. The molecular formula is C78H153N3O34Si6. The monoisotopic (exact) mass is 1840 g/mol. The molecule has 0 aromatic rings. The minimum absolute atomic E-state index is 0.380. The van der Waals surface area contributed by atoms with Crippen molar-refractivity contribution in [2.75, 3.05) is 46.2 Å². The minimum atomic E-state index is -2.82. The topological polar surface area (TPSA) is 517 Å². The van der Waals surface area contributed by atoms with Crippen molar-refractivity contribution in [3.8, 4) is 0 Å². The summed E-state index contributed by atoms with van der Waals surface area (Å²) in [5.41, 5.74) is 9.81. The van der Waals surface area contributed by atoms with Gasteiger partial charge < -0.3 is 164 Å². The SMILES string of the molecule is CC(C)(C)[Si](C)(C)OCC1OC2OC3C(CO[Si](C)(C)C(C)(C)C)OC(OC4C(CO[Si](C)(C)C(C)(C)C)OC(OC5C(CO[Si](C)(C)C(C)(C)C)OC(OC6C(CO[Si](C)(C)C(C)(C)C)OC(OC7C(CO[Si](C)(C)C(C)(C)C)OC(OC8C(CN=[N+]=[N-])OC(OC1C(O)C2O)C(O)C8O)C(O)C7O)C(O)C6O)C(O)C5O)C(O)C4O)C(O)C3O. The first kappa shape index (κ1) is 106. The Labute approximate surface area is 720 Å². The highest BCUT2D eigenvalue weighted by atomic mass is 28.4. The van der Waals surface area contributed by atoms with Crippen LogP contribution in [0.3, 0.4) is 0 Å². The van der Waals surface area contributed by atoms with Crippen LogP contribution in [0, 0.1) is 0 Å². The Hall–Kier alpha value is -0.749. The van der Waals surface area contributed by atoms with Crippen molar-refractivity contribution in [3.05, 3.63) is 10.4 Å². The van der Waals surface area contributed by atoms with E-state index in [4.69, 9.17) is 92.9 Å². The van der Waals surface area contributed by atoms with Crippen LogP contribution in [0.2, 0.25) is 109 Å². The molecule has 35 unspecified atom stereocenters. The summed E-state index contributed by atoms with van der Waals surface area (Å²) in [6, 6.07) is 0. The summed E-state index contributed by atoms with van der Waals surface area (Å²) in [7, 11) is -16.9. The van der Waals surface area contributed by atoms with Crippen LogP contribution in [-0.2, 0) is 92.9 Å². The van der Waals surface area contributed by atoms with Crippen molar-refractivity contribution in [3.63, 3.8) is 0 Å². The van der Waals surface area contributed by atoms with Gasteiger partial charge in [0, 0.05) is 4.91 Å². The van der Waals surface area contributed by atoms with Gasteiger partial charge in [0.15, 0.2) is 93.9 Å². The lowest BCUT2D eigenvalue weighted by Crippen LogP contribution is -2.69. The molecule has 14 bridgehead atoms. The Kier molecular flexibility index (Phi) is 34.5. The average Bonchev–Trinajstić information content (AvgIpc) is 0.799. The predicted molar refractivity (Wildman–Crippen MR) is 452 cm³/mol. The molecule has 0 aromatic carbocycles. The summed E-state index contributed by atoms with van der Waals surface area (Å²) in [5, 5.41) is 177. The molecule has 0 aliphatic carbocycles. The Balaban J connectivity index is 1.29. The molecule has 21 heterocycles. The Morgan fingerprint density at radius 2 is 0.347 bits per heavy atom. The molecule has 21 rings (SSSR count). The first-order valence-corrected chi connectivity index (χ1v) is 60.0. The van der Waals surface area contributed by atoms with E-state index in [9.17, 15) is 77.0 Å². The zero-order valence-corrected chi connectivity index (χ0v) is 82.9. The van der Waals surface area contributed by atoms with E-state index in [-0.39, 0.29) is 26.4 Å². The van der Waals surface area contributed by atoms with Gasteiger partial charge >= 0.3 is 0 Å². The van der Waals surface area contributed by atoms with Crippen LogP contribution in [0.5, 0.6) is 0 Å². The first-order valence-electron chi connectivity index (χ1n) is 42.6. The van der Waals surface area contributed by atoms with Crippen molar-refractivity contribution in [1.29, 1.82) is 0 Å². The van der Waals surface area contributed by atoms with E-state index in [0.717, 1.165) is 0 Å². The number of azide groups is 1. The van der Waals surface area contributed by atoms with Crippen molar-refractivity contribution < 1.29 is 164 Å². The Bertz CT molecular complexity index is 3240. The molecule has 708 valence electrons. The lowest BCUT2D eigenvalue weighted by molar-refractivity contribution is -0.396. The summed E-state index contributed by atoms with van der Waals surface area (Å²) in [5.74, 6) is 0. The molecule has 21 saturated heterocycles. The van der Waals surface area contributed by atoms with Gasteiger partial charge in [0.25, 0.3) is 0 Å². The molecular weight excluding hydrogens is 1690 g/mol. The summed E-state index contributed by atoms with van der Waals surface area (Å²) in [4.78, 5) is 2.91. The second kappa shape index (κ2) is 39.6. The standard InChI is InChI=1S/C78H153N3O34Si6/c1-73(2,3)116(19,20)96-32-39-60-47(84)54(91)68(104-39)112-62-41(34-98-118(23,24)75(7,8)9)106-70(56(93)49(62)86)114-64-43(36-100-120(27,28)77(13,14)15)108-72(58(95)51(64)88)115-65-44(37-101-121(29,30)78(16,17)18)107-71(57(94)50(65)87)113-63-42(35-99-119(25,26)76(10,11)12)105-69(55(92)48(63)85)111-61-40(33-97-117(21,22)74(4,5)6)103-67(53(90)46(61)83)109-59-38(31-80-81-79)102-66(110-60)52(89)45(59)82/h38-72,82-95H,31-37H2,1-30H3. The van der Waals surface area contributed by atoms with E-state index in [1.165, 1.54) is 0 Å². The molecule has 35 atom stereocenters. The molecule has 0 amide bonds. The lowest BCUT2D eigenvalue weighted by atomic mass is 9.95. The number of rotatable bonds is 20. The van der Waals surface area contributed by atoms with Crippen LogP contribution in [-0.4, -0.2) is 383 Å². The fourth-order valence-corrected chi connectivity index (χ4v) is 19.6. The van der Waals surface area contributed by atoms with Crippen LogP contribution in [0.4, 0.5) is 0 Å². The molecule has 0 spiro atoms. The molecule has 43 heteroatoms. The maximum absolute atomic E-state index is 12.7. The number of aliphatic hydroxyl groups is 14. The van der Waals surface area contributed by atoms with E-state index < -0.39 is 315 Å². The summed E-state index contributed by atoms with van der Waals surface area (Å²) in [6.45, 7) is 56.0. The predicted octanol–water partition coefficient (Wildman–Crippen LogP) is 4.26. The second-order valence-electron chi connectivity index (χ2n) is 43.2. The van der Waals surface area contributed by atoms with E-state index in [0.29, 0.717) is 0 Å². The van der Waals surface area contributed by atoms with Crippen molar-refractivity contribution in [2.45, 2.75) is 448 Å². The third-order valence-corrected chi connectivity index (χ3v) is 55.3. The van der Waals surface area contributed by atoms with Gasteiger partial charge in [0.2, 0.25) is 0 Å². The van der Waals surface area contributed by atoms with Gasteiger partial charge in [0.1, 0.15) is 165 Å². The highest BCUT2D eigenvalue weighted by Gasteiger charge is 2.62. The molecule has 14 N–H and O–H groups in total. The normalized spacial score (nSPS) is 41.3. The van der Waals surface area contributed by atoms with Crippen LogP contribution in [0.25, 0.3) is 10.4 Å². The van der Waals surface area contributed by atoms with Crippen molar-refractivity contribution in [1.82, 2.24) is 0 Å². The number of hydrogen-bond donors (Lipinski definition) is 14. The largest absolute Gasteiger partial charge is 0.414 e. The van der Waals surface area contributed by atoms with Gasteiger partial charge in [-0.15, -0.1) is 0 Å². The van der Waals surface area contributed by atoms with Gasteiger partial charge in [-0.05, 0) is 114 Å². The summed E-state index contributed by atoms with van der Waals surface area (Å²) >= 11 is 0. The maximum atomic E-state index is 12.7. The highest BCUT2D eigenvalue weighted by molar-refractivity contribution is 6.76. The number of hydrogen-bond acceptors (Lipinski definition) is 35. The third kappa shape index (κ3) is 24.0.